The van der Waals surface area contributed by atoms with E-state index in [0.29, 0.717) is 38.6 Å². The van der Waals surface area contributed by atoms with Gasteiger partial charge in [0.15, 0.2) is 11.5 Å². The van der Waals surface area contributed by atoms with Gasteiger partial charge in [-0.25, -0.2) is 8.42 Å². The molecule has 0 atom stereocenters. The summed E-state index contributed by atoms with van der Waals surface area (Å²) in [5.41, 5.74) is 1.32. The minimum absolute atomic E-state index is 0.00629. The Hall–Kier alpha value is -2.49. The fraction of sp³-hybridized carbons (Fsp3) is 0.240. The monoisotopic (exact) mass is 570 g/mol. The molecule has 36 heavy (non-hydrogen) atoms. The summed E-state index contributed by atoms with van der Waals surface area (Å²) in [6, 6.07) is 16.1. The van der Waals surface area contributed by atoms with Gasteiger partial charge in [0.25, 0.3) is 0 Å². The van der Waals surface area contributed by atoms with Crippen LogP contribution in [0.15, 0.2) is 65.6 Å². The van der Waals surface area contributed by atoms with Crippen LogP contribution in [0.4, 0.5) is 0 Å². The number of hydrogen-bond donors (Lipinski definition) is 1. The molecule has 0 unspecified atom stereocenters. The van der Waals surface area contributed by atoms with Gasteiger partial charge in [-0.05, 0) is 60.5 Å². The number of carbonyl (C=O) groups excluding carboxylic acids is 1. The molecule has 7 nitrogen and oxygen atoms in total. The maximum atomic E-state index is 13.4. The zero-order chi connectivity index (χ0) is 26.3. The number of ether oxygens (including phenoxy) is 2. The van der Waals surface area contributed by atoms with Gasteiger partial charge in [-0.2, -0.15) is 4.31 Å². The van der Waals surface area contributed by atoms with Crippen LogP contribution in [0.5, 0.6) is 11.5 Å². The number of amides is 1. The van der Waals surface area contributed by atoms with Crippen LogP contribution < -0.4 is 14.8 Å². The SMILES string of the molecule is COc1ccc(CCNC(=O)CN(Cc2c(Cl)cccc2Cl)S(=O)(=O)c2ccc(Cl)cc2)cc1OC. The molecule has 0 bridgehead atoms. The molecule has 1 amide bonds. The summed E-state index contributed by atoms with van der Waals surface area (Å²) in [6.07, 6.45) is 0.506. The van der Waals surface area contributed by atoms with Crippen molar-refractivity contribution in [3.63, 3.8) is 0 Å². The molecule has 192 valence electrons. The number of methoxy groups -OCH3 is 2. The van der Waals surface area contributed by atoms with Crippen molar-refractivity contribution in [3.05, 3.63) is 86.9 Å². The third kappa shape index (κ3) is 7.05. The summed E-state index contributed by atoms with van der Waals surface area (Å²) in [4.78, 5) is 12.8. The molecule has 11 heteroatoms. The zero-order valence-corrected chi connectivity index (χ0v) is 22.7. The normalized spacial score (nSPS) is 11.4. The van der Waals surface area contributed by atoms with Crippen LogP contribution in [0.2, 0.25) is 15.1 Å². The average molecular weight is 572 g/mol. The Labute approximate surface area is 225 Å². The molecule has 0 heterocycles. The second-order valence-corrected chi connectivity index (χ2v) is 10.9. The molecule has 0 saturated carbocycles. The Kier molecular flexibility index (Phi) is 9.87. The molecule has 0 fully saturated rings. The Morgan fingerprint density at radius 2 is 1.56 bits per heavy atom. The first kappa shape index (κ1) is 28.1. The lowest BCUT2D eigenvalue weighted by Crippen LogP contribution is -2.41. The molecule has 0 aliphatic carbocycles. The lowest BCUT2D eigenvalue weighted by molar-refractivity contribution is -0.121. The van der Waals surface area contributed by atoms with Gasteiger partial charge in [0.2, 0.25) is 15.9 Å². The van der Waals surface area contributed by atoms with Crippen LogP contribution in [0, 0.1) is 0 Å². The number of nitrogens with zero attached hydrogens (tertiary/aromatic N) is 1. The van der Waals surface area contributed by atoms with Gasteiger partial charge in [-0.1, -0.05) is 46.9 Å². The topological polar surface area (TPSA) is 84.9 Å². The van der Waals surface area contributed by atoms with Crippen LogP contribution in [-0.4, -0.2) is 45.9 Å². The van der Waals surface area contributed by atoms with Gasteiger partial charge in [0.1, 0.15) is 0 Å². The van der Waals surface area contributed by atoms with Gasteiger partial charge in [-0.3, -0.25) is 4.79 Å². The van der Waals surface area contributed by atoms with Crippen molar-refractivity contribution in [1.29, 1.82) is 0 Å². The van der Waals surface area contributed by atoms with Crippen LogP contribution >= 0.6 is 34.8 Å². The van der Waals surface area contributed by atoms with E-state index in [1.807, 2.05) is 12.1 Å². The van der Waals surface area contributed by atoms with E-state index in [1.54, 1.807) is 38.5 Å². The Morgan fingerprint density at radius 3 is 2.17 bits per heavy atom. The van der Waals surface area contributed by atoms with Gasteiger partial charge in [-0.15, -0.1) is 0 Å². The van der Waals surface area contributed by atoms with E-state index in [-0.39, 0.29) is 18.0 Å². The highest BCUT2D eigenvalue weighted by Gasteiger charge is 2.28. The van der Waals surface area contributed by atoms with Crippen molar-refractivity contribution in [2.75, 3.05) is 27.3 Å². The second-order valence-electron chi connectivity index (χ2n) is 7.72. The summed E-state index contributed by atoms with van der Waals surface area (Å²) in [5, 5.41) is 3.76. The first-order chi connectivity index (χ1) is 17.1. The summed E-state index contributed by atoms with van der Waals surface area (Å²) < 4.78 is 38.4. The minimum atomic E-state index is -4.07. The van der Waals surface area contributed by atoms with E-state index in [9.17, 15) is 13.2 Å². The maximum absolute atomic E-state index is 13.4. The zero-order valence-electron chi connectivity index (χ0n) is 19.6. The minimum Gasteiger partial charge on any atom is -0.493 e. The fourth-order valence-corrected chi connectivity index (χ4v) is 5.45. The summed E-state index contributed by atoms with van der Waals surface area (Å²) in [5.74, 6) is 0.709. The fourth-order valence-electron chi connectivity index (χ4n) is 3.44. The predicted molar refractivity (Wildman–Crippen MR) is 142 cm³/mol. The summed E-state index contributed by atoms with van der Waals surface area (Å²) >= 11 is 18.5. The van der Waals surface area contributed by atoms with Crippen molar-refractivity contribution < 1.29 is 22.7 Å². The molecule has 0 saturated heterocycles. The van der Waals surface area contributed by atoms with E-state index in [4.69, 9.17) is 44.3 Å². The van der Waals surface area contributed by atoms with E-state index in [0.717, 1.165) is 9.87 Å². The quantitative estimate of drug-likeness (QED) is 0.341. The maximum Gasteiger partial charge on any atom is 0.243 e. The highest BCUT2D eigenvalue weighted by molar-refractivity contribution is 7.89. The van der Waals surface area contributed by atoms with E-state index in [1.165, 1.54) is 24.3 Å². The third-order valence-corrected chi connectivity index (χ3v) is 8.12. The number of nitrogens with one attached hydrogen (secondary N) is 1. The van der Waals surface area contributed by atoms with Gasteiger partial charge in [0.05, 0.1) is 25.7 Å². The largest absolute Gasteiger partial charge is 0.493 e. The summed E-state index contributed by atoms with van der Waals surface area (Å²) in [6.45, 7) is -0.332. The third-order valence-electron chi connectivity index (χ3n) is 5.35. The number of sulfonamides is 1. The van der Waals surface area contributed by atoms with E-state index >= 15 is 0 Å². The van der Waals surface area contributed by atoms with Crippen LogP contribution in [-0.2, 0) is 27.8 Å². The highest BCUT2D eigenvalue weighted by Crippen LogP contribution is 2.29. The molecule has 0 aromatic heterocycles. The number of halogens is 3. The Morgan fingerprint density at radius 1 is 0.917 bits per heavy atom. The molecule has 3 aromatic rings. The molecule has 3 aromatic carbocycles. The number of carbonyl (C=O) groups is 1. The first-order valence-electron chi connectivity index (χ1n) is 10.8. The molecular weight excluding hydrogens is 547 g/mol. The standard InChI is InChI=1S/C25H25Cl3N2O5S/c1-34-23-11-6-17(14-24(23)35-2)12-13-29-25(31)16-30(15-20-21(27)4-3-5-22(20)28)36(32,33)19-9-7-18(26)8-10-19/h3-11,14H,12-13,15-16H2,1-2H3,(H,29,31). The molecule has 0 spiro atoms. The number of rotatable bonds is 11. The van der Waals surface area contributed by atoms with E-state index < -0.39 is 22.5 Å². The van der Waals surface area contributed by atoms with E-state index in [2.05, 4.69) is 5.32 Å². The van der Waals surface area contributed by atoms with Crippen molar-refractivity contribution >= 4 is 50.7 Å². The highest BCUT2D eigenvalue weighted by atomic mass is 35.5. The van der Waals surface area contributed by atoms with Crippen molar-refractivity contribution in [2.45, 2.75) is 17.9 Å². The lowest BCUT2D eigenvalue weighted by Gasteiger charge is -2.23. The molecular formula is C25H25Cl3N2O5S. The molecule has 3 rings (SSSR count). The predicted octanol–water partition coefficient (Wildman–Crippen LogP) is 5.21. The van der Waals surface area contributed by atoms with Gasteiger partial charge < -0.3 is 14.8 Å². The van der Waals surface area contributed by atoms with Crippen molar-refractivity contribution in [3.8, 4) is 11.5 Å². The first-order valence-corrected chi connectivity index (χ1v) is 13.4. The van der Waals surface area contributed by atoms with Crippen LogP contribution in [0.3, 0.4) is 0 Å². The smallest absolute Gasteiger partial charge is 0.243 e. The molecule has 0 radical (unpaired) electrons. The molecule has 0 aliphatic rings. The molecule has 1 N–H and O–H groups in total. The summed E-state index contributed by atoms with van der Waals surface area (Å²) in [7, 11) is -0.973. The Balaban J connectivity index is 1.76. The van der Waals surface area contributed by atoms with Crippen LogP contribution in [0.25, 0.3) is 0 Å². The van der Waals surface area contributed by atoms with Gasteiger partial charge >= 0.3 is 0 Å². The molecule has 0 aliphatic heterocycles. The van der Waals surface area contributed by atoms with Crippen molar-refractivity contribution in [2.24, 2.45) is 0 Å². The second kappa shape index (κ2) is 12.7. The number of hydrogen-bond acceptors (Lipinski definition) is 5. The van der Waals surface area contributed by atoms with Gasteiger partial charge in [0, 0.05) is 33.7 Å². The Bertz CT molecular complexity index is 1300. The van der Waals surface area contributed by atoms with Crippen molar-refractivity contribution in [1.82, 2.24) is 9.62 Å². The lowest BCUT2D eigenvalue weighted by atomic mass is 10.1. The van der Waals surface area contributed by atoms with Crippen LogP contribution in [0.1, 0.15) is 11.1 Å². The average Bonchev–Trinajstić information content (AvgIpc) is 2.85. The number of benzene rings is 3.